The third-order valence-electron chi connectivity index (χ3n) is 3.41. The molecule has 11 heteroatoms. The number of hydrogen-bond acceptors (Lipinski definition) is 7. The van der Waals surface area contributed by atoms with Crippen molar-refractivity contribution in [3.05, 3.63) is 52.6 Å². The molecule has 0 bridgehead atoms. The number of aliphatic hydroxyl groups is 1. The Morgan fingerprint density at radius 1 is 1.22 bits per heavy atom. The predicted molar refractivity (Wildman–Crippen MR) is 87.7 cm³/mol. The maximum atomic E-state index is 12.7. The molecule has 3 N–H and O–H groups in total. The van der Waals surface area contributed by atoms with Gasteiger partial charge in [0, 0.05) is 11.9 Å². The summed E-state index contributed by atoms with van der Waals surface area (Å²) in [7, 11) is 0. The Morgan fingerprint density at radius 3 is 2.56 bits per heavy atom. The molecular weight excluding hydrogens is 369 g/mol. The third-order valence-corrected chi connectivity index (χ3v) is 3.41. The van der Waals surface area contributed by atoms with E-state index in [1.807, 2.05) is 0 Å². The van der Waals surface area contributed by atoms with Crippen LogP contribution < -0.4 is 15.8 Å². The SMILES string of the molecule is O=c1[nH]c(-c2c(OCCO)ccnc2Nc2ccc(C(F)(F)F)cc2)no1. The van der Waals surface area contributed by atoms with E-state index in [4.69, 9.17) is 9.84 Å². The molecule has 1 aromatic carbocycles. The third kappa shape index (κ3) is 4.26. The first-order valence-corrected chi connectivity index (χ1v) is 7.62. The average molecular weight is 382 g/mol. The average Bonchev–Trinajstić information content (AvgIpc) is 3.05. The van der Waals surface area contributed by atoms with E-state index in [1.165, 1.54) is 24.4 Å². The van der Waals surface area contributed by atoms with Crippen molar-refractivity contribution in [1.29, 1.82) is 0 Å². The lowest BCUT2D eigenvalue weighted by atomic mass is 10.2. The normalized spacial score (nSPS) is 11.4. The molecule has 0 radical (unpaired) electrons. The zero-order valence-corrected chi connectivity index (χ0v) is 13.6. The van der Waals surface area contributed by atoms with E-state index in [9.17, 15) is 18.0 Å². The van der Waals surface area contributed by atoms with Crippen molar-refractivity contribution in [3.8, 4) is 17.1 Å². The molecule has 3 rings (SSSR count). The number of nitrogens with one attached hydrogen (secondary N) is 2. The van der Waals surface area contributed by atoms with Gasteiger partial charge in [0.15, 0.2) is 5.82 Å². The molecule has 0 saturated carbocycles. The molecular formula is C16H13F3N4O4. The van der Waals surface area contributed by atoms with Crippen molar-refractivity contribution in [2.45, 2.75) is 6.18 Å². The Kier molecular flexibility index (Phi) is 5.12. The number of anilines is 2. The minimum atomic E-state index is -4.44. The zero-order valence-electron chi connectivity index (χ0n) is 13.6. The van der Waals surface area contributed by atoms with Crippen molar-refractivity contribution in [1.82, 2.24) is 15.1 Å². The fraction of sp³-hybridized carbons (Fsp3) is 0.188. The first-order chi connectivity index (χ1) is 12.9. The molecule has 2 heterocycles. The van der Waals surface area contributed by atoms with E-state index in [0.29, 0.717) is 5.69 Å². The number of aliphatic hydroxyl groups excluding tert-OH is 1. The summed E-state index contributed by atoms with van der Waals surface area (Å²) in [4.78, 5) is 17.8. The predicted octanol–water partition coefficient (Wildman–Crippen LogP) is 2.56. The van der Waals surface area contributed by atoms with Crippen LogP contribution in [0.15, 0.2) is 45.8 Å². The molecule has 0 aliphatic carbocycles. The van der Waals surface area contributed by atoms with Gasteiger partial charge in [-0.15, -0.1) is 0 Å². The minimum absolute atomic E-state index is 0.00968. The maximum absolute atomic E-state index is 12.7. The number of rotatable bonds is 6. The number of aromatic amines is 1. The van der Waals surface area contributed by atoms with Crippen LogP contribution in [0.25, 0.3) is 11.4 Å². The molecule has 0 aliphatic rings. The topological polar surface area (TPSA) is 113 Å². The second kappa shape index (κ2) is 7.50. The van der Waals surface area contributed by atoms with Gasteiger partial charge in [0.1, 0.15) is 23.7 Å². The van der Waals surface area contributed by atoms with E-state index in [-0.39, 0.29) is 36.2 Å². The number of ether oxygens (including phenoxy) is 1. The lowest BCUT2D eigenvalue weighted by molar-refractivity contribution is -0.137. The molecule has 8 nitrogen and oxygen atoms in total. The summed E-state index contributed by atoms with van der Waals surface area (Å²) in [5.41, 5.74) is -0.249. The van der Waals surface area contributed by atoms with E-state index < -0.39 is 17.5 Å². The summed E-state index contributed by atoms with van der Waals surface area (Å²) in [6.45, 7) is -0.280. The lowest BCUT2D eigenvalue weighted by Crippen LogP contribution is -2.07. The summed E-state index contributed by atoms with van der Waals surface area (Å²) in [5, 5.41) is 15.4. The second-order valence-electron chi connectivity index (χ2n) is 5.25. The van der Waals surface area contributed by atoms with Gasteiger partial charge in [-0.25, -0.2) is 9.78 Å². The first-order valence-electron chi connectivity index (χ1n) is 7.62. The van der Waals surface area contributed by atoms with Crippen LogP contribution in [0, 0.1) is 0 Å². The number of H-pyrrole nitrogens is 1. The van der Waals surface area contributed by atoms with Crippen molar-refractivity contribution in [2.75, 3.05) is 18.5 Å². The number of alkyl halides is 3. The smallest absolute Gasteiger partial charge is 0.439 e. The van der Waals surface area contributed by atoms with Crippen molar-refractivity contribution < 1.29 is 27.5 Å². The van der Waals surface area contributed by atoms with E-state index in [2.05, 4.69) is 25.0 Å². The molecule has 0 saturated heterocycles. The molecule has 0 unspecified atom stereocenters. The summed E-state index contributed by atoms with van der Waals surface area (Å²) in [6, 6.07) is 5.80. The van der Waals surface area contributed by atoms with Crippen molar-refractivity contribution >= 4 is 11.5 Å². The van der Waals surface area contributed by atoms with Crippen molar-refractivity contribution in [3.63, 3.8) is 0 Å². The Morgan fingerprint density at radius 2 is 1.96 bits per heavy atom. The summed E-state index contributed by atoms with van der Waals surface area (Å²) in [6.07, 6.45) is -3.05. The van der Waals surface area contributed by atoms with Gasteiger partial charge in [-0.2, -0.15) is 13.2 Å². The Labute approximate surface area is 149 Å². The summed E-state index contributed by atoms with van der Waals surface area (Å²) in [5.74, 6) is -0.398. The van der Waals surface area contributed by atoms with Gasteiger partial charge in [-0.05, 0) is 30.3 Å². The lowest BCUT2D eigenvalue weighted by Gasteiger charge is -2.14. The van der Waals surface area contributed by atoms with E-state index in [1.54, 1.807) is 0 Å². The van der Waals surface area contributed by atoms with Gasteiger partial charge >= 0.3 is 11.9 Å². The number of hydrogen-bond donors (Lipinski definition) is 3. The molecule has 0 fully saturated rings. The Bertz CT molecular complexity index is 967. The number of pyridine rings is 1. The largest absolute Gasteiger partial charge is 0.490 e. The van der Waals surface area contributed by atoms with Gasteiger partial charge in [-0.1, -0.05) is 5.16 Å². The number of aromatic nitrogens is 3. The standard InChI is InChI=1S/C16H13F3N4O4/c17-16(18,19)9-1-3-10(4-2-9)21-13-12(14-22-15(25)27-23-14)11(5-6-20-13)26-8-7-24/h1-6,24H,7-8H2,(H,20,21)(H,22,23,25). The molecule has 0 aliphatic heterocycles. The Hall–Kier alpha value is -3.34. The summed E-state index contributed by atoms with van der Waals surface area (Å²) < 4.78 is 48.0. The van der Waals surface area contributed by atoms with Crippen LogP contribution in [0.4, 0.5) is 24.7 Å². The fourth-order valence-corrected chi connectivity index (χ4v) is 2.26. The van der Waals surface area contributed by atoms with Gasteiger partial charge in [0.25, 0.3) is 0 Å². The highest BCUT2D eigenvalue weighted by Gasteiger charge is 2.30. The molecule has 3 aromatic rings. The molecule has 0 amide bonds. The summed E-state index contributed by atoms with van der Waals surface area (Å²) >= 11 is 0. The van der Waals surface area contributed by atoms with Gasteiger partial charge in [-0.3, -0.25) is 9.51 Å². The monoisotopic (exact) mass is 382 g/mol. The van der Waals surface area contributed by atoms with Crippen LogP contribution in [-0.2, 0) is 6.18 Å². The van der Waals surface area contributed by atoms with Gasteiger partial charge < -0.3 is 15.2 Å². The zero-order chi connectivity index (χ0) is 19.4. The molecule has 27 heavy (non-hydrogen) atoms. The number of benzene rings is 1. The molecule has 142 valence electrons. The minimum Gasteiger partial charge on any atom is -0.490 e. The number of nitrogens with zero attached hydrogens (tertiary/aromatic N) is 2. The van der Waals surface area contributed by atoms with Crippen LogP contribution in [0.1, 0.15) is 5.56 Å². The van der Waals surface area contributed by atoms with Gasteiger partial charge in [0.05, 0.1) is 12.2 Å². The maximum Gasteiger partial charge on any atom is 0.439 e. The molecule has 2 aromatic heterocycles. The fourth-order valence-electron chi connectivity index (χ4n) is 2.26. The van der Waals surface area contributed by atoms with E-state index >= 15 is 0 Å². The highest BCUT2D eigenvalue weighted by Crippen LogP contribution is 2.35. The van der Waals surface area contributed by atoms with Crippen LogP contribution in [0.2, 0.25) is 0 Å². The quantitative estimate of drug-likeness (QED) is 0.600. The Balaban J connectivity index is 1.98. The number of halogens is 3. The first kappa shape index (κ1) is 18.5. The van der Waals surface area contributed by atoms with E-state index in [0.717, 1.165) is 12.1 Å². The highest BCUT2D eigenvalue weighted by atomic mass is 19.4. The van der Waals surface area contributed by atoms with Crippen LogP contribution in [-0.4, -0.2) is 33.4 Å². The van der Waals surface area contributed by atoms with Crippen LogP contribution in [0.5, 0.6) is 5.75 Å². The van der Waals surface area contributed by atoms with Gasteiger partial charge in [0.2, 0.25) is 0 Å². The van der Waals surface area contributed by atoms with Crippen LogP contribution >= 0.6 is 0 Å². The van der Waals surface area contributed by atoms with Crippen LogP contribution in [0.3, 0.4) is 0 Å². The molecule has 0 atom stereocenters. The second-order valence-corrected chi connectivity index (χ2v) is 5.25. The highest BCUT2D eigenvalue weighted by molar-refractivity contribution is 5.79. The van der Waals surface area contributed by atoms with Crippen molar-refractivity contribution in [2.24, 2.45) is 0 Å². The molecule has 0 spiro atoms.